The van der Waals surface area contributed by atoms with E-state index in [9.17, 15) is 27.2 Å². The van der Waals surface area contributed by atoms with Crippen molar-refractivity contribution in [3.63, 3.8) is 0 Å². The number of hydrogen-bond acceptors (Lipinski definition) is 5. The molecule has 0 spiro atoms. The van der Waals surface area contributed by atoms with Crippen LogP contribution >= 0.6 is 0 Å². The molecule has 8 nitrogen and oxygen atoms in total. The summed E-state index contributed by atoms with van der Waals surface area (Å²) >= 11 is 0. The summed E-state index contributed by atoms with van der Waals surface area (Å²) < 4.78 is 58.6. The molecule has 0 saturated carbocycles. The van der Waals surface area contributed by atoms with Crippen molar-refractivity contribution < 1.29 is 31.9 Å². The van der Waals surface area contributed by atoms with Gasteiger partial charge in [-0.25, -0.2) is 19.2 Å². The quantitative estimate of drug-likeness (QED) is 0.593. The second-order valence-corrected chi connectivity index (χ2v) is 7.27. The number of hydrogen-bond donors (Lipinski definition) is 1. The third-order valence-electron chi connectivity index (χ3n) is 5.03. The molecule has 12 heteroatoms. The molecule has 178 valence electrons. The number of nitrogens with one attached hydrogen (secondary N) is 1. The average molecular weight is 469 g/mol. The minimum absolute atomic E-state index is 0.0378. The Morgan fingerprint density at radius 3 is 2.64 bits per heavy atom. The molecule has 0 aromatic carbocycles. The molecule has 0 unspecified atom stereocenters. The largest absolute Gasteiger partial charge is 0.492 e. The first-order valence-electron chi connectivity index (χ1n) is 10.3. The van der Waals surface area contributed by atoms with Crippen LogP contribution in [0.15, 0.2) is 36.7 Å². The van der Waals surface area contributed by atoms with Crippen LogP contribution in [0.25, 0.3) is 0 Å². The highest BCUT2D eigenvalue weighted by Crippen LogP contribution is 2.30. The van der Waals surface area contributed by atoms with E-state index in [1.165, 1.54) is 11.1 Å². The Kier molecular flexibility index (Phi) is 7.34. The predicted molar refractivity (Wildman–Crippen MR) is 112 cm³/mol. The monoisotopic (exact) mass is 469 g/mol. The van der Waals surface area contributed by atoms with Crippen LogP contribution < -0.4 is 15.0 Å². The van der Waals surface area contributed by atoms with Gasteiger partial charge in [-0.1, -0.05) is 6.92 Å². The lowest BCUT2D eigenvalue weighted by molar-refractivity contribution is -0.137. The Balaban J connectivity index is 1.75. The molecular formula is C21H23F4N5O3. The number of alkyl halides is 4. The van der Waals surface area contributed by atoms with Crippen LogP contribution in [0.2, 0.25) is 0 Å². The number of anilines is 2. The normalized spacial score (nSPS) is 17.3. The van der Waals surface area contributed by atoms with Crippen molar-refractivity contribution >= 4 is 23.6 Å². The fraction of sp³-hybridized carbons (Fsp3) is 0.429. The number of rotatable bonds is 8. The molecule has 33 heavy (non-hydrogen) atoms. The molecule has 3 amide bonds. The molecular weight excluding hydrogens is 446 g/mol. The number of carbonyl (C=O) groups is 2. The summed E-state index contributed by atoms with van der Waals surface area (Å²) in [5.41, 5.74) is -0.981. The maximum Gasteiger partial charge on any atom is 0.416 e. The van der Waals surface area contributed by atoms with Gasteiger partial charge in [0.15, 0.2) is 0 Å². The molecule has 0 aliphatic carbocycles. The Hall–Kier alpha value is -3.44. The van der Waals surface area contributed by atoms with E-state index < -0.39 is 42.4 Å². The number of amides is 3. The van der Waals surface area contributed by atoms with E-state index >= 15 is 0 Å². The van der Waals surface area contributed by atoms with Gasteiger partial charge in [0.05, 0.1) is 31.0 Å². The third kappa shape index (κ3) is 5.68. The summed E-state index contributed by atoms with van der Waals surface area (Å²) in [6.07, 6.45) is -3.57. The summed E-state index contributed by atoms with van der Waals surface area (Å²) in [7, 11) is 0. The molecule has 3 rings (SSSR count). The van der Waals surface area contributed by atoms with Crippen molar-refractivity contribution in [2.45, 2.75) is 38.7 Å². The van der Waals surface area contributed by atoms with Gasteiger partial charge < -0.3 is 15.0 Å². The molecule has 2 aromatic rings. The molecule has 2 atom stereocenters. The van der Waals surface area contributed by atoms with Crippen LogP contribution in [0.5, 0.6) is 5.75 Å². The van der Waals surface area contributed by atoms with Gasteiger partial charge in [0.2, 0.25) is 5.91 Å². The Morgan fingerprint density at radius 2 is 2.03 bits per heavy atom. The number of halogens is 4. The molecule has 1 aliphatic rings. The highest BCUT2D eigenvalue weighted by Gasteiger charge is 2.43. The Bertz CT molecular complexity index is 987. The van der Waals surface area contributed by atoms with E-state index in [4.69, 9.17) is 4.74 Å². The van der Waals surface area contributed by atoms with Crippen molar-refractivity contribution in [2.75, 3.05) is 29.9 Å². The maximum absolute atomic E-state index is 14.6. The van der Waals surface area contributed by atoms with Crippen LogP contribution in [0, 0.1) is 0 Å². The first-order chi connectivity index (χ1) is 15.6. The summed E-state index contributed by atoms with van der Waals surface area (Å²) in [6, 6.07) is 3.05. The number of pyridine rings is 2. The topological polar surface area (TPSA) is 87.7 Å². The van der Waals surface area contributed by atoms with Gasteiger partial charge in [-0.15, -0.1) is 0 Å². The van der Waals surface area contributed by atoms with E-state index in [0.717, 1.165) is 17.2 Å². The number of aromatic nitrogens is 2. The lowest BCUT2D eigenvalue weighted by Crippen LogP contribution is -2.44. The standard InChI is InChI=1S/C21H23F4N5O3/c1-3-15(22)16-11-30(18-6-5-14(10-27-18)33-4-2)20(32)29(16)12-19(31)28-17-9-13(7-8-26-17)21(23,24)25/h5-10,15-16H,3-4,11-12H2,1-2H3,(H,26,28,31)/t15-,16+/m0/s1. The van der Waals surface area contributed by atoms with E-state index in [-0.39, 0.29) is 24.6 Å². The summed E-state index contributed by atoms with van der Waals surface area (Å²) in [5, 5.41) is 2.24. The second-order valence-electron chi connectivity index (χ2n) is 7.27. The van der Waals surface area contributed by atoms with Gasteiger partial charge in [-0.05, 0) is 37.6 Å². The van der Waals surface area contributed by atoms with Gasteiger partial charge in [0.1, 0.15) is 30.1 Å². The van der Waals surface area contributed by atoms with E-state index in [1.54, 1.807) is 19.1 Å². The van der Waals surface area contributed by atoms with Crippen molar-refractivity contribution in [1.29, 1.82) is 0 Å². The summed E-state index contributed by atoms with van der Waals surface area (Å²) in [5.74, 6) is -0.356. The van der Waals surface area contributed by atoms with E-state index in [1.807, 2.05) is 6.92 Å². The second kappa shape index (κ2) is 10.0. The fourth-order valence-electron chi connectivity index (χ4n) is 3.42. The molecule has 0 bridgehead atoms. The zero-order valence-electron chi connectivity index (χ0n) is 18.0. The SMILES string of the molecule is CCOc1ccc(N2C[C@H]([C@@H](F)CC)N(CC(=O)Nc3cc(C(F)(F)F)ccn3)C2=O)nc1. The average Bonchev–Trinajstić information content (AvgIpc) is 3.09. The first-order valence-corrected chi connectivity index (χ1v) is 10.3. The first kappa shape index (κ1) is 24.2. The number of nitrogens with zero attached hydrogens (tertiary/aromatic N) is 4. The van der Waals surface area contributed by atoms with Gasteiger partial charge in [-0.3, -0.25) is 9.69 Å². The lowest BCUT2D eigenvalue weighted by atomic mass is 10.1. The molecule has 1 saturated heterocycles. The van der Waals surface area contributed by atoms with Gasteiger partial charge >= 0.3 is 12.2 Å². The van der Waals surface area contributed by atoms with Gasteiger partial charge in [-0.2, -0.15) is 13.2 Å². The van der Waals surface area contributed by atoms with Crippen LogP contribution in [-0.2, 0) is 11.0 Å². The summed E-state index contributed by atoms with van der Waals surface area (Å²) in [4.78, 5) is 35.7. The van der Waals surface area contributed by atoms with Crippen LogP contribution in [0.4, 0.5) is 34.0 Å². The van der Waals surface area contributed by atoms with Crippen LogP contribution in [0.3, 0.4) is 0 Å². The van der Waals surface area contributed by atoms with Gasteiger partial charge in [0, 0.05) is 6.20 Å². The zero-order valence-corrected chi connectivity index (χ0v) is 18.0. The van der Waals surface area contributed by atoms with E-state index in [2.05, 4.69) is 15.3 Å². The Morgan fingerprint density at radius 1 is 1.27 bits per heavy atom. The predicted octanol–water partition coefficient (Wildman–Crippen LogP) is 3.89. The maximum atomic E-state index is 14.6. The highest BCUT2D eigenvalue weighted by atomic mass is 19.4. The van der Waals surface area contributed by atoms with Crippen molar-refractivity contribution in [2.24, 2.45) is 0 Å². The number of ether oxygens (including phenoxy) is 1. The van der Waals surface area contributed by atoms with E-state index in [0.29, 0.717) is 18.4 Å². The third-order valence-corrected chi connectivity index (χ3v) is 5.03. The molecule has 3 heterocycles. The number of urea groups is 1. The minimum Gasteiger partial charge on any atom is -0.492 e. The molecule has 1 fully saturated rings. The van der Waals surface area contributed by atoms with Crippen molar-refractivity contribution in [1.82, 2.24) is 14.9 Å². The van der Waals surface area contributed by atoms with Crippen molar-refractivity contribution in [3.05, 3.63) is 42.2 Å². The van der Waals surface area contributed by atoms with Crippen LogP contribution in [0.1, 0.15) is 25.8 Å². The smallest absolute Gasteiger partial charge is 0.416 e. The fourth-order valence-corrected chi connectivity index (χ4v) is 3.42. The highest BCUT2D eigenvalue weighted by molar-refractivity contribution is 5.99. The van der Waals surface area contributed by atoms with Crippen molar-refractivity contribution in [3.8, 4) is 5.75 Å². The lowest BCUT2D eigenvalue weighted by Gasteiger charge is -2.24. The molecule has 2 aromatic heterocycles. The number of carbonyl (C=O) groups excluding carboxylic acids is 2. The van der Waals surface area contributed by atoms with Crippen LogP contribution in [-0.4, -0.2) is 58.7 Å². The molecule has 1 N–H and O–H groups in total. The molecule has 1 aliphatic heterocycles. The van der Waals surface area contributed by atoms with Gasteiger partial charge in [0.25, 0.3) is 0 Å². The minimum atomic E-state index is -4.60. The summed E-state index contributed by atoms with van der Waals surface area (Å²) in [6.45, 7) is 3.26. The molecule has 0 radical (unpaired) electrons. The zero-order chi connectivity index (χ0) is 24.2. The Labute approximate surface area is 187 Å².